The SMILES string of the molecule is Cc1cc(N)cc(-n2cc(S(C)(=O)=O)cn2)c1. The highest BCUT2D eigenvalue weighted by molar-refractivity contribution is 7.90. The molecule has 2 N–H and O–H groups in total. The van der Waals surface area contributed by atoms with Crippen LogP contribution in [0.4, 0.5) is 5.69 Å². The zero-order valence-corrected chi connectivity index (χ0v) is 10.4. The van der Waals surface area contributed by atoms with Gasteiger partial charge in [-0.2, -0.15) is 5.10 Å². The van der Waals surface area contributed by atoms with Crippen molar-refractivity contribution >= 4 is 15.5 Å². The van der Waals surface area contributed by atoms with E-state index >= 15 is 0 Å². The van der Waals surface area contributed by atoms with Crippen LogP contribution in [0.1, 0.15) is 5.56 Å². The number of aromatic nitrogens is 2. The first-order valence-corrected chi connectivity index (χ1v) is 6.88. The lowest BCUT2D eigenvalue weighted by atomic mass is 10.2. The number of rotatable bonds is 2. The van der Waals surface area contributed by atoms with Crippen molar-refractivity contribution < 1.29 is 8.42 Å². The number of hydrogen-bond donors (Lipinski definition) is 1. The Labute approximate surface area is 99.8 Å². The van der Waals surface area contributed by atoms with Gasteiger partial charge < -0.3 is 5.73 Å². The van der Waals surface area contributed by atoms with Gasteiger partial charge in [-0.15, -0.1) is 0 Å². The van der Waals surface area contributed by atoms with Crippen LogP contribution in [0.25, 0.3) is 5.69 Å². The summed E-state index contributed by atoms with van der Waals surface area (Å²) in [5.41, 5.74) is 8.10. The van der Waals surface area contributed by atoms with Crippen LogP contribution in [0, 0.1) is 6.92 Å². The molecule has 1 heterocycles. The molecular weight excluding hydrogens is 238 g/mol. The van der Waals surface area contributed by atoms with Gasteiger partial charge in [-0.05, 0) is 30.7 Å². The molecule has 0 aliphatic carbocycles. The third-order valence-electron chi connectivity index (χ3n) is 2.34. The van der Waals surface area contributed by atoms with Gasteiger partial charge in [0.25, 0.3) is 0 Å². The number of nitrogens with two attached hydrogens (primary N) is 1. The lowest BCUT2D eigenvalue weighted by Gasteiger charge is -2.04. The molecule has 0 aliphatic heterocycles. The molecule has 0 aliphatic rings. The summed E-state index contributed by atoms with van der Waals surface area (Å²) in [4.78, 5) is 0.192. The Morgan fingerprint density at radius 2 is 2.00 bits per heavy atom. The van der Waals surface area contributed by atoms with Crippen LogP contribution in [0.15, 0.2) is 35.5 Å². The maximum absolute atomic E-state index is 11.3. The molecule has 90 valence electrons. The van der Waals surface area contributed by atoms with E-state index in [-0.39, 0.29) is 4.90 Å². The molecule has 5 nitrogen and oxygen atoms in total. The van der Waals surface area contributed by atoms with Crippen LogP contribution in [0.2, 0.25) is 0 Å². The second-order valence-electron chi connectivity index (χ2n) is 3.99. The fraction of sp³-hybridized carbons (Fsp3) is 0.182. The Bertz CT molecular complexity index is 639. The molecule has 1 aromatic carbocycles. The van der Waals surface area contributed by atoms with E-state index < -0.39 is 9.84 Å². The van der Waals surface area contributed by atoms with Gasteiger partial charge in [0.1, 0.15) is 4.90 Å². The molecule has 0 spiro atoms. The molecule has 17 heavy (non-hydrogen) atoms. The number of sulfone groups is 1. The van der Waals surface area contributed by atoms with Gasteiger partial charge in [-0.25, -0.2) is 13.1 Å². The molecule has 6 heteroatoms. The lowest BCUT2D eigenvalue weighted by molar-refractivity contribution is 0.602. The zero-order valence-electron chi connectivity index (χ0n) is 9.58. The van der Waals surface area contributed by atoms with Crippen molar-refractivity contribution in [1.29, 1.82) is 0 Å². The minimum absolute atomic E-state index is 0.192. The third kappa shape index (κ3) is 2.47. The summed E-state index contributed by atoms with van der Waals surface area (Å²) in [6.07, 6.45) is 3.95. The highest BCUT2D eigenvalue weighted by Gasteiger charge is 2.10. The van der Waals surface area contributed by atoms with Crippen molar-refractivity contribution in [2.24, 2.45) is 0 Å². The quantitative estimate of drug-likeness (QED) is 0.813. The Morgan fingerprint density at radius 3 is 2.53 bits per heavy atom. The number of anilines is 1. The average Bonchev–Trinajstić information content (AvgIpc) is 2.63. The Kier molecular flexibility index (Phi) is 2.66. The zero-order chi connectivity index (χ0) is 12.6. The van der Waals surface area contributed by atoms with Gasteiger partial charge >= 0.3 is 0 Å². The van der Waals surface area contributed by atoms with Crippen molar-refractivity contribution in [2.75, 3.05) is 12.0 Å². The summed E-state index contributed by atoms with van der Waals surface area (Å²) in [6.45, 7) is 1.92. The van der Waals surface area contributed by atoms with Crippen molar-refractivity contribution in [3.8, 4) is 5.69 Å². The minimum atomic E-state index is -3.22. The van der Waals surface area contributed by atoms with E-state index in [9.17, 15) is 8.42 Å². The Balaban J connectivity index is 2.51. The summed E-state index contributed by atoms with van der Waals surface area (Å²) in [6, 6.07) is 5.46. The van der Waals surface area contributed by atoms with Gasteiger partial charge in [0.05, 0.1) is 11.9 Å². The van der Waals surface area contributed by atoms with E-state index in [1.807, 2.05) is 19.1 Å². The number of aryl methyl sites for hydroxylation is 1. The molecule has 0 saturated carbocycles. The van der Waals surface area contributed by atoms with E-state index in [1.54, 1.807) is 6.07 Å². The van der Waals surface area contributed by atoms with Crippen LogP contribution in [-0.2, 0) is 9.84 Å². The first-order chi connectivity index (χ1) is 7.86. The number of benzene rings is 1. The smallest absolute Gasteiger partial charge is 0.178 e. The van der Waals surface area contributed by atoms with Crippen LogP contribution < -0.4 is 5.73 Å². The molecule has 2 aromatic rings. The van der Waals surface area contributed by atoms with E-state index in [1.165, 1.54) is 17.1 Å². The Morgan fingerprint density at radius 1 is 1.29 bits per heavy atom. The number of hydrogen-bond acceptors (Lipinski definition) is 4. The van der Waals surface area contributed by atoms with Gasteiger partial charge in [-0.1, -0.05) is 0 Å². The first kappa shape index (κ1) is 11.7. The number of nitrogen functional groups attached to an aromatic ring is 1. The topological polar surface area (TPSA) is 78.0 Å². The van der Waals surface area contributed by atoms with Crippen molar-refractivity contribution in [1.82, 2.24) is 9.78 Å². The van der Waals surface area contributed by atoms with E-state index in [2.05, 4.69) is 5.10 Å². The summed E-state index contributed by atoms with van der Waals surface area (Å²) >= 11 is 0. The fourth-order valence-electron chi connectivity index (χ4n) is 1.56. The molecule has 0 amide bonds. The maximum atomic E-state index is 11.3. The highest BCUT2D eigenvalue weighted by Crippen LogP contribution is 2.16. The predicted molar refractivity (Wildman–Crippen MR) is 65.8 cm³/mol. The summed E-state index contributed by atoms with van der Waals surface area (Å²) < 4.78 is 24.2. The van der Waals surface area contributed by atoms with Gasteiger partial charge in [0.15, 0.2) is 9.84 Å². The van der Waals surface area contributed by atoms with Gasteiger partial charge in [-0.3, -0.25) is 0 Å². The van der Waals surface area contributed by atoms with Crippen LogP contribution >= 0.6 is 0 Å². The van der Waals surface area contributed by atoms with Crippen LogP contribution in [-0.4, -0.2) is 24.5 Å². The molecule has 2 rings (SSSR count). The normalized spacial score (nSPS) is 11.6. The fourth-order valence-corrected chi connectivity index (χ4v) is 2.09. The van der Waals surface area contributed by atoms with E-state index in [0.717, 1.165) is 17.5 Å². The summed E-state index contributed by atoms with van der Waals surface area (Å²) in [5, 5.41) is 4.02. The third-order valence-corrected chi connectivity index (χ3v) is 3.40. The van der Waals surface area contributed by atoms with Crippen molar-refractivity contribution in [3.63, 3.8) is 0 Å². The van der Waals surface area contributed by atoms with Gasteiger partial charge in [0, 0.05) is 18.1 Å². The first-order valence-electron chi connectivity index (χ1n) is 4.98. The number of nitrogens with zero attached hydrogens (tertiary/aromatic N) is 2. The average molecular weight is 251 g/mol. The van der Waals surface area contributed by atoms with Crippen LogP contribution in [0.3, 0.4) is 0 Å². The second-order valence-corrected chi connectivity index (χ2v) is 6.01. The minimum Gasteiger partial charge on any atom is -0.399 e. The van der Waals surface area contributed by atoms with E-state index in [4.69, 9.17) is 5.73 Å². The van der Waals surface area contributed by atoms with Crippen molar-refractivity contribution in [3.05, 3.63) is 36.2 Å². The molecule has 0 radical (unpaired) electrons. The van der Waals surface area contributed by atoms with E-state index in [0.29, 0.717) is 5.69 Å². The Hall–Kier alpha value is -1.82. The monoisotopic (exact) mass is 251 g/mol. The van der Waals surface area contributed by atoms with Crippen LogP contribution in [0.5, 0.6) is 0 Å². The largest absolute Gasteiger partial charge is 0.399 e. The molecule has 1 aromatic heterocycles. The molecule has 0 saturated heterocycles. The summed E-state index contributed by atoms with van der Waals surface area (Å²) in [7, 11) is -3.22. The second kappa shape index (κ2) is 3.89. The molecule has 0 atom stereocenters. The van der Waals surface area contributed by atoms with Crippen molar-refractivity contribution in [2.45, 2.75) is 11.8 Å². The molecule has 0 unspecified atom stereocenters. The predicted octanol–water partition coefficient (Wildman–Crippen LogP) is 1.17. The lowest BCUT2D eigenvalue weighted by Crippen LogP contribution is -1.98. The maximum Gasteiger partial charge on any atom is 0.178 e. The standard InChI is InChI=1S/C11H13N3O2S/c1-8-3-9(12)5-10(4-8)14-7-11(6-13-14)17(2,15)16/h3-7H,12H2,1-2H3. The highest BCUT2D eigenvalue weighted by atomic mass is 32.2. The molecule has 0 fully saturated rings. The van der Waals surface area contributed by atoms with Gasteiger partial charge in [0.2, 0.25) is 0 Å². The molecule has 0 bridgehead atoms. The molecular formula is C11H13N3O2S. The summed E-state index contributed by atoms with van der Waals surface area (Å²) in [5.74, 6) is 0.